The molecular weight excluding hydrogens is 210 g/mol. The molecule has 0 aromatic carbocycles. The first-order valence-corrected chi connectivity index (χ1v) is 5.37. The van der Waals surface area contributed by atoms with Crippen molar-refractivity contribution in [1.82, 2.24) is 14.8 Å². The van der Waals surface area contributed by atoms with E-state index in [9.17, 15) is 4.79 Å². The minimum Gasteiger partial charge on any atom is -0.480 e. The molecule has 88 valence electrons. The van der Waals surface area contributed by atoms with E-state index in [1.807, 2.05) is 0 Å². The fourth-order valence-electron chi connectivity index (χ4n) is 1.99. The lowest BCUT2D eigenvalue weighted by Crippen LogP contribution is -2.20. The molecule has 0 saturated carbocycles. The topological polar surface area (TPSA) is 77.2 Å². The molecule has 0 spiro atoms. The molecule has 16 heavy (non-hydrogen) atoms. The maximum atomic E-state index is 10.8. The van der Waals surface area contributed by atoms with Gasteiger partial charge in [-0.3, -0.25) is 4.79 Å². The molecule has 0 unspecified atom stereocenters. The van der Waals surface area contributed by atoms with Crippen molar-refractivity contribution in [3.8, 4) is 0 Å². The third kappa shape index (κ3) is 2.21. The maximum absolute atomic E-state index is 10.8. The number of rotatable bonds is 3. The fourth-order valence-corrected chi connectivity index (χ4v) is 1.99. The highest BCUT2D eigenvalue weighted by atomic mass is 16.5. The summed E-state index contributed by atoms with van der Waals surface area (Å²) in [6, 6.07) is 0. The number of ether oxygens (including phenoxy) is 1. The van der Waals surface area contributed by atoms with E-state index in [0.717, 1.165) is 18.7 Å². The summed E-state index contributed by atoms with van der Waals surface area (Å²) < 4.78 is 6.95. The molecule has 0 bridgehead atoms. The Morgan fingerprint density at radius 1 is 1.50 bits per heavy atom. The molecule has 0 aliphatic carbocycles. The standard InChI is InChI=1S/C10H15N3O3/c1-7-11-12-10(13(7)6-9(14)15)8-2-4-16-5-3-8/h8H,2-6H2,1H3,(H,14,15). The number of aryl methyl sites for hydroxylation is 1. The zero-order valence-electron chi connectivity index (χ0n) is 9.22. The summed E-state index contributed by atoms with van der Waals surface area (Å²) in [5, 5.41) is 16.9. The molecule has 6 nitrogen and oxygen atoms in total. The lowest BCUT2D eigenvalue weighted by molar-refractivity contribution is -0.137. The Kier molecular flexibility index (Phi) is 3.19. The average molecular weight is 225 g/mol. The lowest BCUT2D eigenvalue weighted by atomic mass is 9.99. The molecule has 2 rings (SSSR count). The van der Waals surface area contributed by atoms with Gasteiger partial charge in [-0.1, -0.05) is 0 Å². The summed E-state index contributed by atoms with van der Waals surface area (Å²) in [6.45, 7) is 3.14. The molecule has 1 aromatic heterocycles. The SMILES string of the molecule is Cc1nnc(C2CCOCC2)n1CC(=O)O. The van der Waals surface area contributed by atoms with Crippen molar-refractivity contribution in [1.29, 1.82) is 0 Å². The van der Waals surface area contributed by atoms with Crippen molar-refractivity contribution in [2.45, 2.75) is 32.2 Å². The average Bonchev–Trinajstić information content (AvgIpc) is 2.61. The first-order valence-electron chi connectivity index (χ1n) is 5.37. The molecule has 1 aliphatic heterocycles. The number of nitrogens with zero attached hydrogens (tertiary/aromatic N) is 3. The van der Waals surface area contributed by atoms with Gasteiger partial charge in [0.25, 0.3) is 0 Å². The number of aromatic nitrogens is 3. The Hall–Kier alpha value is -1.43. The van der Waals surface area contributed by atoms with Gasteiger partial charge in [0.05, 0.1) is 0 Å². The number of hydrogen-bond donors (Lipinski definition) is 1. The Morgan fingerprint density at radius 3 is 2.81 bits per heavy atom. The quantitative estimate of drug-likeness (QED) is 0.813. The van der Waals surface area contributed by atoms with Crippen LogP contribution in [0.5, 0.6) is 0 Å². The smallest absolute Gasteiger partial charge is 0.323 e. The van der Waals surface area contributed by atoms with Gasteiger partial charge in [0.2, 0.25) is 0 Å². The molecule has 1 N–H and O–H groups in total. The summed E-state index contributed by atoms with van der Waals surface area (Å²) in [6.07, 6.45) is 1.77. The zero-order valence-corrected chi connectivity index (χ0v) is 9.22. The molecule has 1 saturated heterocycles. The van der Waals surface area contributed by atoms with Crippen LogP contribution in [-0.4, -0.2) is 39.1 Å². The largest absolute Gasteiger partial charge is 0.480 e. The van der Waals surface area contributed by atoms with E-state index in [0.29, 0.717) is 19.0 Å². The van der Waals surface area contributed by atoms with Crippen LogP contribution in [0.15, 0.2) is 0 Å². The van der Waals surface area contributed by atoms with Crippen molar-refractivity contribution in [2.24, 2.45) is 0 Å². The highest BCUT2D eigenvalue weighted by molar-refractivity contribution is 5.66. The van der Waals surface area contributed by atoms with E-state index in [2.05, 4.69) is 10.2 Å². The summed E-state index contributed by atoms with van der Waals surface area (Å²) in [5.41, 5.74) is 0. The summed E-state index contributed by atoms with van der Waals surface area (Å²) in [5.74, 6) is 0.845. The van der Waals surface area contributed by atoms with Gasteiger partial charge in [-0.25, -0.2) is 0 Å². The van der Waals surface area contributed by atoms with E-state index in [1.165, 1.54) is 0 Å². The van der Waals surface area contributed by atoms with Crippen LogP contribution in [0.4, 0.5) is 0 Å². The molecular formula is C10H15N3O3. The van der Waals surface area contributed by atoms with Crippen LogP contribution in [0.3, 0.4) is 0 Å². The van der Waals surface area contributed by atoms with Gasteiger partial charge in [0, 0.05) is 19.1 Å². The monoisotopic (exact) mass is 225 g/mol. The predicted molar refractivity (Wildman–Crippen MR) is 55.2 cm³/mol. The second-order valence-electron chi connectivity index (χ2n) is 3.97. The van der Waals surface area contributed by atoms with Gasteiger partial charge in [0.1, 0.15) is 18.2 Å². The Morgan fingerprint density at radius 2 is 2.19 bits per heavy atom. The Labute approximate surface area is 93.2 Å². The maximum Gasteiger partial charge on any atom is 0.323 e. The van der Waals surface area contributed by atoms with Gasteiger partial charge in [-0.15, -0.1) is 10.2 Å². The number of carbonyl (C=O) groups is 1. The molecule has 6 heteroatoms. The minimum absolute atomic E-state index is 0.0640. The van der Waals surface area contributed by atoms with Gasteiger partial charge < -0.3 is 14.4 Å². The Balaban J connectivity index is 2.22. The second-order valence-corrected chi connectivity index (χ2v) is 3.97. The van der Waals surface area contributed by atoms with Crippen LogP contribution in [0.2, 0.25) is 0 Å². The van der Waals surface area contributed by atoms with Gasteiger partial charge >= 0.3 is 5.97 Å². The number of carboxylic acid groups (broad SMARTS) is 1. The van der Waals surface area contributed by atoms with E-state index < -0.39 is 5.97 Å². The Bertz CT molecular complexity index is 383. The highest BCUT2D eigenvalue weighted by Crippen LogP contribution is 2.25. The van der Waals surface area contributed by atoms with Crippen LogP contribution < -0.4 is 0 Å². The number of carboxylic acids is 1. The van der Waals surface area contributed by atoms with Crippen LogP contribution in [0.1, 0.15) is 30.4 Å². The van der Waals surface area contributed by atoms with E-state index in [1.54, 1.807) is 11.5 Å². The lowest BCUT2D eigenvalue weighted by Gasteiger charge is -2.21. The molecule has 0 atom stereocenters. The van der Waals surface area contributed by atoms with Crippen molar-refractivity contribution in [3.05, 3.63) is 11.6 Å². The fraction of sp³-hybridized carbons (Fsp3) is 0.700. The molecule has 1 fully saturated rings. The molecule has 0 amide bonds. The number of hydrogen-bond acceptors (Lipinski definition) is 4. The van der Waals surface area contributed by atoms with Crippen molar-refractivity contribution >= 4 is 5.97 Å². The van der Waals surface area contributed by atoms with Crippen LogP contribution in [-0.2, 0) is 16.1 Å². The summed E-state index contributed by atoms with van der Waals surface area (Å²) >= 11 is 0. The third-order valence-corrected chi connectivity index (χ3v) is 2.84. The van der Waals surface area contributed by atoms with Crippen LogP contribution >= 0.6 is 0 Å². The van der Waals surface area contributed by atoms with E-state index >= 15 is 0 Å². The first kappa shape index (κ1) is 11.1. The van der Waals surface area contributed by atoms with Gasteiger partial charge in [0.15, 0.2) is 0 Å². The van der Waals surface area contributed by atoms with E-state index in [4.69, 9.17) is 9.84 Å². The molecule has 0 radical (unpaired) electrons. The third-order valence-electron chi connectivity index (χ3n) is 2.84. The second kappa shape index (κ2) is 4.61. The van der Waals surface area contributed by atoms with Crippen LogP contribution in [0, 0.1) is 6.92 Å². The normalized spacial score (nSPS) is 17.6. The zero-order chi connectivity index (χ0) is 11.5. The van der Waals surface area contributed by atoms with Gasteiger partial charge in [-0.2, -0.15) is 0 Å². The minimum atomic E-state index is -0.865. The van der Waals surface area contributed by atoms with Gasteiger partial charge in [-0.05, 0) is 19.8 Å². The van der Waals surface area contributed by atoms with Crippen molar-refractivity contribution < 1.29 is 14.6 Å². The first-order chi connectivity index (χ1) is 7.68. The predicted octanol–water partition coefficient (Wildman–Crippen LogP) is 0.565. The number of aliphatic carboxylic acids is 1. The van der Waals surface area contributed by atoms with Crippen LogP contribution in [0.25, 0.3) is 0 Å². The van der Waals surface area contributed by atoms with E-state index in [-0.39, 0.29) is 12.5 Å². The highest BCUT2D eigenvalue weighted by Gasteiger charge is 2.23. The summed E-state index contributed by atoms with van der Waals surface area (Å²) in [4.78, 5) is 10.8. The molecule has 1 aliphatic rings. The molecule has 2 heterocycles. The molecule has 1 aromatic rings. The summed E-state index contributed by atoms with van der Waals surface area (Å²) in [7, 11) is 0. The van der Waals surface area contributed by atoms with Crippen molar-refractivity contribution in [2.75, 3.05) is 13.2 Å². The van der Waals surface area contributed by atoms with Crippen molar-refractivity contribution in [3.63, 3.8) is 0 Å².